The number of hydrogen-bond acceptors (Lipinski definition) is 6. The van der Waals surface area contributed by atoms with E-state index in [0.717, 1.165) is 17.4 Å². The van der Waals surface area contributed by atoms with Crippen LogP contribution in [-0.4, -0.2) is 77.8 Å². The number of halogens is 3. The molecule has 0 aliphatic heterocycles. The summed E-state index contributed by atoms with van der Waals surface area (Å²) in [6, 6.07) is 1.50. The topological polar surface area (TPSA) is 145 Å². The Labute approximate surface area is 219 Å². The van der Waals surface area contributed by atoms with Gasteiger partial charge in [-0.25, -0.2) is 0 Å². The molecule has 1 unspecified atom stereocenters. The smallest absolute Gasteiger partial charge is 0.452 e. The van der Waals surface area contributed by atoms with E-state index < -0.39 is 65.5 Å². The molecule has 10 nitrogen and oxygen atoms in total. The third-order valence-corrected chi connectivity index (χ3v) is 5.55. The minimum Gasteiger partial charge on any atom is -0.508 e. The molecule has 1 aromatic rings. The van der Waals surface area contributed by atoms with Gasteiger partial charge < -0.3 is 26.0 Å². The number of phenols is 1. The molecule has 0 saturated carbocycles. The third kappa shape index (κ3) is 10.4. The zero-order chi connectivity index (χ0) is 29.4. The van der Waals surface area contributed by atoms with Crippen molar-refractivity contribution in [2.24, 2.45) is 5.41 Å². The SMILES string of the molecule is CC(NC(=O)[C@H](CC(=O)N(C)C)NC(=O)[C@@H](NC(=O)CCc1ccc(O)cc1)C(C)(C)C)C(=O)C(F)(F)F. The van der Waals surface area contributed by atoms with Gasteiger partial charge in [-0.1, -0.05) is 32.9 Å². The number of hydrogen-bond donors (Lipinski definition) is 4. The van der Waals surface area contributed by atoms with Crippen LogP contribution in [0.2, 0.25) is 0 Å². The van der Waals surface area contributed by atoms with E-state index in [2.05, 4.69) is 10.6 Å². The van der Waals surface area contributed by atoms with E-state index in [-0.39, 0.29) is 12.2 Å². The summed E-state index contributed by atoms with van der Waals surface area (Å²) in [7, 11) is 2.78. The fraction of sp³-hybridized carbons (Fsp3) is 0.560. The molecule has 0 spiro atoms. The molecular formula is C25H35F3N4O6. The van der Waals surface area contributed by atoms with Crippen LogP contribution in [-0.2, 0) is 30.4 Å². The van der Waals surface area contributed by atoms with Gasteiger partial charge in [-0.2, -0.15) is 13.2 Å². The normalized spacial score (nSPS) is 14.0. The van der Waals surface area contributed by atoms with Crippen LogP contribution < -0.4 is 16.0 Å². The molecule has 38 heavy (non-hydrogen) atoms. The van der Waals surface area contributed by atoms with Crippen molar-refractivity contribution in [3.63, 3.8) is 0 Å². The van der Waals surface area contributed by atoms with Crippen LogP contribution in [0.1, 0.15) is 46.1 Å². The average Bonchev–Trinajstić information content (AvgIpc) is 2.79. The molecule has 4 N–H and O–H groups in total. The second-order valence-electron chi connectivity index (χ2n) is 10.2. The van der Waals surface area contributed by atoms with Gasteiger partial charge in [0, 0.05) is 20.5 Å². The molecule has 0 radical (unpaired) electrons. The van der Waals surface area contributed by atoms with Crippen molar-refractivity contribution >= 4 is 29.4 Å². The number of alkyl halides is 3. The number of ketones is 1. The van der Waals surface area contributed by atoms with E-state index in [0.29, 0.717) is 6.42 Å². The van der Waals surface area contributed by atoms with Gasteiger partial charge >= 0.3 is 6.18 Å². The first kappa shape index (κ1) is 32.4. The van der Waals surface area contributed by atoms with E-state index >= 15 is 0 Å². The van der Waals surface area contributed by atoms with Crippen LogP contribution in [0.15, 0.2) is 24.3 Å². The van der Waals surface area contributed by atoms with Crippen LogP contribution in [0.5, 0.6) is 5.75 Å². The summed E-state index contributed by atoms with van der Waals surface area (Å²) in [5.41, 5.74) is -0.0825. The van der Waals surface area contributed by atoms with Gasteiger partial charge in [0.2, 0.25) is 23.6 Å². The molecule has 212 valence electrons. The molecule has 4 amide bonds. The molecule has 0 aliphatic rings. The Balaban J connectivity index is 3.03. The molecule has 0 aliphatic carbocycles. The van der Waals surface area contributed by atoms with Crippen molar-refractivity contribution in [1.82, 2.24) is 20.9 Å². The Bertz CT molecular complexity index is 1020. The van der Waals surface area contributed by atoms with E-state index in [4.69, 9.17) is 0 Å². The molecule has 0 fully saturated rings. The molecule has 3 atom stereocenters. The maximum Gasteiger partial charge on any atom is 0.452 e. The number of benzene rings is 1. The number of Topliss-reactive ketones (excluding diaryl/α,β-unsaturated/α-hetero) is 1. The zero-order valence-electron chi connectivity index (χ0n) is 22.2. The Hall–Kier alpha value is -3.64. The quantitative estimate of drug-likeness (QED) is 0.332. The summed E-state index contributed by atoms with van der Waals surface area (Å²) in [5, 5.41) is 16.2. The van der Waals surface area contributed by atoms with Crippen molar-refractivity contribution in [1.29, 1.82) is 0 Å². The molecule has 0 heterocycles. The standard InChI is InChI=1S/C25H35F3N4O6/c1-14(21(36)25(26,27)28)29-22(37)17(13-19(35)32(5)6)30-23(38)20(24(2,3)4)31-18(34)12-9-15-7-10-16(33)11-8-15/h7-8,10-11,14,17,20,33H,9,12-13H2,1-6H3,(H,29,37)(H,30,38)(H,31,34)/t14?,17-,20+/m0/s1. The number of aromatic hydroxyl groups is 1. The average molecular weight is 545 g/mol. The van der Waals surface area contributed by atoms with Crippen molar-refractivity contribution in [3.8, 4) is 5.75 Å². The van der Waals surface area contributed by atoms with Crippen molar-refractivity contribution in [2.45, 2.75) is 71.3 Å². The van der Waals surface area contributed by atoms with Crippen LogP contribution in [0.4, 0.5) is 13.2 Å². The lowest BCUT2D eigenvalue weighted by atomic mass is 9.85. The fourth-order valence-electron chi connectivity index (χ4n) is 3.28. The molecule has 1 rings (SSSR count). The lowest BCUT2D eigenvalue weighted by Gasteiger charge is -2.32. The molecule has 1 aromatic carbocycles. The first-order valence-corrected chi connectivity index (χ1v) is 11.8. The van der Waals surface area contributed by atoms with Crippen molar-refractivity contribution < 1.29 is 42.3 Å². The number of amides is 4. The predicted molar refractivity (Wildman–Crippen MR) is 132 cm³/mol. The maximum atomic E-state index is 13.2. The van der Waals surface area contributed by atoms with E-state index in [1.54, 1.807) is 32.9 Å². The van der Waals surface area contributed by atoms with Gasteiger partial charge in [0.25, 0.3) is 5.78 Å². The van der Waals surface area contributed by atoms with Gasteiger partial charge in [-0.05, 0) is 36.5 Å². The van der Waals surface area contributed by atoms with Crippen LogP contribution in [0, 0.1) is 5.41 Å². The lowest BCUT2D eigenvalue weighted by molar-refractivity contribution is -0.173. The largest absolute Gasteiger partial charge is 0.508 e. The van der Waals surface area contributed by atoms with Crippen molar-refractivity contribution in [2.75, 3.05) is 14.1 Å². The summed E-state index contributed by atoms with van der Waals surface area (Å²) in [6.45, 7) is 5.80. The van der Waals surface area contributed by atoms with Gasteiger partial charge in [0.05, 0.1) is 12.5 Å². The number of rotatable bonds is 11. The number of nitrogens with one attached hydrogen (secondary N) is 3. The number of carbonyl (C=O) groups is 5. The first-order chi connectivity index (χ1) is 17.3. The number of phenolic OH excluding ortho intramolecular Hbond substituents is 1. The highest BCUT2D eigenvalue weighted by atomic mass is 19.4. The summed E-state index contributed by atoms with van der Waals surface area (Å²) >= 11 is 0. The van der Waals surface area contributed by atoms with Crippen molar-refractivity contribution in [3.05, 3.63) is 29.8 Å². The zero-order valence-corrected chi connectivity index (χ0v) is 22.2. The Morgan fingerprint density at radius 1 is 0.921 bits per heavy atom. The van der Waals surface area contributed by atoms with Crippen LogP contribution in [0.25, 0.3) is 0 Å². The fourth-order valence-corrected chi connectivity index (χ4v) is 3.28. The van der Waals surface area contributed by atoms with Gasteiger partial charge in [0.1, 0.15) is 17.8 Å². The molecule has 0 aromatic heterocycles. The molecule has 0 bridgehead atoms. The Morgan fingerprint density at radius 2 is 1.47 bits per heavy atom. The summed E-state index contributed by atoms with van der Waals surface area (Å²) in [5.74, 6) is -5.20. The van der Waals surface area contributed by atoms with Crippen LogP contribution in [0.3, 0.4) is 0 Å². The Morgan fingerprint density at radius 3 is 1.95 bits per heavy atom. The third-order valence-electron chi connectivity index (χ3n) is 5.55. The van der Waals surface area contributed by atoms with E-state index in [1.165, 1.54) is 26.2 Å². The van der Waals surface area contributed by atoms with E-state index in [9.17, 15) is 42.3 Å². The highest BCUT2D eigenvalue weighted by Crippen LogP contribution is 2.21. The van der Waals surface area contributed by atoms with Gasteiger partial charge in [0.15, 0.2) is 0 Å². The second kappa shape index (κ2) is 13.2. The van der Waals surface area contributed by atoms with Gasteiger partial charge in [-0.3, -0.25) is 24.0 Å². The highest BCUT2D eigenvalue weighted by molar-refractivity contribution is 5.97. The summed E-state index contributed by atoms with van der Waals surface area (Å²) in [4.78, 5) is 63.4. The molecular weight excluding hydrogens is 509 g/mol. The van der Waals surface area contributed by atoms with Gasteiger partial charge in [-0.15, -0.1) is 0 Å². The lowest BCUT2D eigenvalue weighted by Crippen LogP contribution is -2.59. The second-order valence-corrected chi connectivity index (χ2v) is 10.2. The molecule has 0 saturated heterocycles. The summed E-state index contributed by atoms with van der Waals surface area (Å²) < 4.78 is 38.2. The minimum atomic E-state index is -5.19. The first-order valence-electron chi connectivity index (χ1n) is 11.8. The predicted octanol–water partition coefficient (Wildman–Crippen LogP) is 1.45. The maximum absolute atomic E-state index is 13.2. The monoisotopic (exact) mass is 544 g/mol. The Kier molecular flexibility index (Phi) is 11.3. The number of aryl methyl sites for hydroxylation is 1. The summed E-state index contributed by atoms with van der Waals surface area (Å²) in [6.07, 6.45) is -5.46. The van der Waals surface area contributed by atoms with E-state index in [1.807, 2.05) is 5.32 Å². The molecule has 13 heteroatoms. The highest BCUT2D eigenvalue weighted by Gasteiger charge is 2.43. The number of carbonyl (C=O) groups excluding carboxylic acids is 5. The minimum absolute atomic E-state index is 0.00470. The number of nitrogens with zero attached hydrogens (tertiary/aromatic N) is 1. The van der Waals surface area contributed by atoms with Crippen LogP contribution >= 0.6 is 0 Å².